The first-order valence-electron chi connectivity index (χ1n) is 9.83. The Kier molecular flexibility index (Phi) is 5.70. The third-order valence-corrected chi connectivity index (χ3v) is 6.05. The molecule has 0 saturated heterocycles. The van der Waals surface area contributed by atoms with Crippen molar-refractivity contribution in [3.05, 3.63) is 93.0 Å². The number of ether oxygens (including phenoxy) is 1. The number of hydrogen-bond donors (Lipinski definition) is 1. The standard InChI is InChI=1S/C24H17BrN4O2S/c25-18-6-4-5-16(11-18)13-26-29-21(15-32-24(29)27-19-7-2-1-3-8-19)17-9-10-22-20(12-17)28-23(30)14-31-22/h1-13,15H,14H2,(H,28,30). The number of aromatic nitrogens is 1. The maximum Gasteiger partial charge on any atom is 0.262 e. The highest BCUT2D eigenvalue weighted by Gasteiger charge is 2.17. The lowest BCUT2D eigenvalue weighted by Crippen LogP contribution is -2.25. The summed E-state index contributed by atoms with van der Waals surface area (Å²) in [5.41, 5.74) is 4.21. The monoisotopic (exact) mass is 504 g/mol. The highest BCUT2D eigenvalue weighted by molar-refractivity contribution is 9.10. The minimum atomic E-state index is -0.166. The van der Waals surface area contributed by atoms with Gasteiger partial charge in [-0.25, -0.2) is 9.67 Å². The van der Waals surface area contributed by atoms with Crippen molar-refractivity contribution >= 4 is 50.8 Å². The van der Waals surface area contributed by atoms with Crippen LogP contribution in [0, 0.1) is 0 Å². The quantitative estimate of drug-likeness (QED) is 0.376. The summed E-state index contributed by atoms with van der Waals surface area (Å²) >= 11 is 5.00. The second kappa shape index (κ2) is 8.94. The Morgan fingerprint density at radius 1 is 1.06 bits per heavy atom. The molecule has 0 aliphatic carbocycles. The minimum Gasteiger partial charge on any atom is -0.482 e. The number of fused-ring (bicyclic) bond motifs is 1. The Morgan fingerprint density at radius 2 is 1.94 bits per heavy atom. The zero-order valence-electron chi connectivity index (χ0n) is 16.7. The number of anilines is 1. The molecule has 0 radical (unpaired) electrons. The maximum absolute atomic E-state index is 11.8. The van der Waals surface area contributed by atoms with E-state index < -0.39 is 0 Å². The van der Waals surface area contributed by atoms with Gasteiger partial charge in [-0.1, -0.05) is 46.3 Å². The minimum absolute atomic E-state index is 0.0296. The van der Waals surface area contributed by atoms with Gasteiger partial charge in [0.05, 0.1) is 23.3 Å². The maximum atomic E-state index is 11.8. The van der Waals surface area contributed by atoms with E-state index in [2.05, 4.69) is 21.2 Å². The SMILES string of the molecule is O=C1COc2ccc(-c3csc(=Nc4ccccc4)n3N=Cc3cccc(Br)c3)cc2N1. The lowest BCUT2D eigenvalue weighted by Gasteiger charge is -2.18. The van der Waals surface area contributed by atoms with Gasteiger partial charge in [-0.3, -0.25) is 4.79 Å². The van der Waals surface area contributed by atoms with Crippen molar-refractivity contribution in [2.24, 2.45) is 10.1 Å². The zero-order valence-corrected chi connectivity index (χ0v) is 19.1. The summed E-state index contributed by atoms with van der Waals surface area (Å²) in [7, 11) is 0. The van der Waals surface area contributed by atoms with Crippen LogP contribution in [0.25, 0.3) is 11.3 Å². The van der Waals surface area contributed by atoms with Crippen molar-refractivity contribution in [3.63, 3.8) is 0 Å². The lowest BCUT2D eigenvalue weighted by molar-refractivity contribution is -0.118. The van der Waals surface area contributed by atoms with Crippen molar-refractivity contribution < 1.29 is 9.53 Å². The van der Waals surface area contributed by atoms with Crippen LogP contribution in [0.15, 0.2) is 92.7 Å². The van der Waals surface area contributed by atoms with Crippen LogP contribution < -0.4 is 14.9 Å². The lowest BCUT2D eigenvalue weighted by atomic mass is 10.1. The van der Waals surface area contributed by atoms with E-state index in [1.165, 1.54) is 11.3 Å². The number of amides is 1. The Morgan fingerprint density at radius 3 is 2.78 bits per heavy atom. The number of benzene rings is 3. The molecule has 0 saturated carbocycles. The molecule has 1 aliphatic rings. The van der Waals surface area contributed by atoms with Crippen molar-refractivity contribution in [2.75, 3.05) is 11.9 Å². The number of para-hydroxylation sites is 1. The average molecular weight is 505 g/mol. The van der Waals surface area contributed by atoms with Crippen molar-refractivity contribution in [1.82, 2.24) is 4.68 Å². The number of carbonyl (C=O) groups is 1. The number of thiazole rings is 1. The smallest absolute Gasteiger partial charge is 0.262 e. The van der Waals surface area contributed by atoms with E-state index in [-0.39, 0.29) is 12.5 Å². The number of nitrogens with one attached hydrogen (secondary N) is 1. The van der Waals surface area contributed by atoms with E-state index in [0.717, 1.165) is 31.8 Å². The van der Waals surface area contributed by atoms with Gasteiger partial charge in [-0.05, 0) is 48.0 Å². The number of halogens is 1. The zero-order chi connectivity index (χ0) is 21.9. The first kappa shape index (κ1) is 20.4. The van der Waals surface area contributed by atoms with E-state index in [4.69, 9.17) is 14.8 Å². The van der Waals surface area contributed by atoms with Crippen molar-refractivity contribution in [2.45, 2.75) is 0 Å². The van der Waals surface area contributed by atoms with E-state index >= 15 is 0 Å². The molecule has 5 rings (SSSR count). The fourth-order valence-electron chi connectivity index (χ4n) is 3.25. The largest absolute Gasteiger partial charge is 0.482 e. The first-order valence-corrected chi connectivity index (χ1v) is 11.5. The third kappa shape index (κ3) is 4.42. The van der Waals surface area contributed by atoms with Crippen molar-refractivity contribution in [3.8, 4) is 17.0 Å². The summed E-state index contributed by atoms with van der Waals surface area (Å²) in [5, 5.41) is 9.62. The molecule has 6 nitrogen and oxygen atoms in total. The molecule has 1 amide bonds. The van der Waals surface area contributed by atoms with Crippen LogP contribution in [0.3, 0.4) is 0 Å². The molecule has 1 N–H and O–H groups in total. The van der Waals surface area contributed by atoms with Gasteiger partial charge in [0.15, 0.2) is 6.61 Å². The molecule has 4 aromatic rings. The van der Waals surface area contributed by atoms with Crippen molar-refractivity contribution in [1.29, 1.82) is 0 Å². The summed E-state index contributed by atoms with van der Waals surface area (Å²) in [6.07, 6.45) is 1.80. The fraction of sp³-hybridized carbons (Fsp3) is 0.0417. The molecule has 158 valence electrons. The average Bonchev–Trinajstić information content (AvgIpc) is 3.20. The molecule has 0 bridgehead atoms. The summed E-state index contributed by atoms with van der Waals surface area (Å²) in [6.45, 7) is 0.0296. The van der Waals surface area contributed by atoms with Gasteiger partial charge in [-0.2, -0.15) is 5.10 Å². The summed E-state index contributed by atoms with van der Waals surface area (Å²) in [6, 6.07) is 23.4. The molecule has 3 aromatic carbocycles. The summed E-state index contributed by atoms with van der Waals surface area (Å²) in [5.74, 6) is 0.488. The normalized spacial score (nSPS) is 13.7. The highest BCUT2D eigenvalue weighted by atomic mass is 79.9. The van der Waals surface area contributed by atoms with Gasteiger partial charge in [-0.15, -0.1) is 11.3 Å². The molecule has 8 heteroatoms. The van der Waals surface area contributed by atoms with E-state index in [9.17, 15) is 4.79 Å². The number of rotatable bonds is 4. The van der Waals surface area contributed by atoms with Gasteiger partial charge in [0.2, 0.25) is 4.80 Å². The predicted molar refractivity (Wildman–Crippen MR) is 131 cm³/mol. The van der Waals surface area contributed by atoms with Crippen LogP contribution in [0.5, 0.6) is 5.75 Å². The number of carbonyl (C=O) groups excluding carboxylic acids is 1. The topological polar surface area (TPSA) is 68.0 Å². The van der Waals surface area contributed by atoms with Gasteiger partial charge in [0.1, 0.15) is 5.75 Å². The van der Waals surface area contributed by atoms with E-state index in [1.54, 1.807) is 6.21 Å². The Bertz CT molecular complexity index is 1390. The van der Waals surface area contributed by atoms with Crippen LogP contribution in [0.2, 0.25) is 0 Å². The Balaban J connectivity index is 1.62. The van der Waals surface area contributed by atoms with Crippen LogP contribution >= 0.6 is 27.3 Å². The summed E-state index contributed by atoms with van der Waals surface area (Å²) < 4.78 is 8.28. The Labute approximate surface area is 196 Å². The van der Waals surface area contributed by atoms with Gasteiger partial charge in [0, 0.05) is 15.4 Å². The number of nitrogens with zero attached hydrogens (tertiary/aromatic N) is 3. The second-order valence-electron chi connectivity index (χ2n) is 7.01. The van der Waals surface area contributed by atoms with Gasteiger partial charge < -0.3 is 10.1 Å². The van der Waals surface area contributed by atoms with E-state index in [1.807, 2.05) is 82.9 Å². The molecule has 1 aliphatic heterocycles. The molecule has 0 fully saturated rings. The summed E-state index contributed by atoms with van der Waals surface area (Å²) in [4.78, 5) is 17.3. The molecule has 0 spiro atoms. The van der Waals surface area contributed by atoms with Crippen LogP contribution in [0.4, 0.5) is 11.4 Å². The van der Waals surface area contributed by atoms with Crippen LogP contribution in [-0.2, 0) is 4.79 Å². The Hall–Kier alpha value is -3.49. The van der Waals surface area contributed by atoms with Gasteiger partial charge >= 0.3 is 0 Å². The second-order valence-corrected chi connectivity index (χ2v) is 8.76. The van der Waals surface area contributed by atoms with Gasteiger partial charge in [0.25, 0.3) is 5.91 Å². The molecule has 0 atom stereocenters. The molecule has 32 heavy (non-hydrogen) atoms. The molecule has 0 unspecified atom stereocenters. The molecular formula is C24H17BrN4O2S. The third-order valence-electron chi connectivity index (χ3n) is 4.75. The first-order chi connectivity index (χ1) is 15.7. The number of hydrogen-bond acceptors (Lipinski definition) is 5. The van der Waals surface area contributed by atoms with E-state index in [0.29, 0.717) is 11.4 Å². The molecular weight excluding hydrogens is 488 g/mol. The predicted octanol–water partition coefficient (Wildman–Crippen LogP) is 5.42. The van der Waals surface area contributed by atoms with Crippen LogP contribution in [-0.4, -0.2) is 23.4 Å². The van der Waals surface area contributed by atoms with Crippen LogP contribution in [0.1, 0.15) is 5.56 Å². The molecule has 2 heterocycles. The fourth-order valence-corrected chi connectivity index (χ4v) is 4.53. The highest BCUT2D eigenvalue weighted by Crippen LogP contribution is 2.33. The molecule has 1 aromatic heterocycles.